The number of ether oxygens (including phenoxy) is 3. The molecule has 328 valence electrons. The standard InChI is InChI=1S/C49H54N6O8/c1-2-61-40-23-21-36(22-24-40)32-42(53-43(56)38-19-11-5-12-20-38)45(58)54-41(31-35-15-7-3-8-16-35)44(57)52-39-25-27-49(28-26-39,46(50)51)34-63-48(60)55(29-13-6-14-30-55)47(59)62-33-37-17-9-4-10-18-37/h3-5,7-12,15-27,41-42H,2,6,13-14,28-34H2,1H3,(H5-,50,51,52,53,54,56,57,58)/p+1/t41-,42?,49?/m1/s1. The summed E-state index contributed by atoms with van der Waals surface area (Å²) in [7, 11) is 0. The third-order valence-corrected chi connectivity index (χ3v) is 11.3. The monoisotopic (exact) mass is 855 g/mol. The lowest BCUT2D eigenvalue weighted by Crippen LogP contribution is -2.60. The average molecular weight is 856 g/mol. The van der Waals surface area contributed by atoms with Crippen LogP contribution in [-0.4, -0.2) is 78.6 Å². The summed E-state index contributed by atoms with van der Waals surface area (Å²) in [5.74, 6) is -1.13. The average Bonchev–Trinajstić information content (AvgIpc) is 3.31. The highest BCUT2D eigenvalue weighted by atomic mass is 16.6. The molecule has 6 N–H and O–H groups in total. The van der Waals surface area contributed by atoms with Crippen molar-refractivity contribution in [3.8, 4) is 5.75 Å². The maximum Gasteiger partial charge on any atom is 0.527 e. The summed E-state index contributed by atoms with van der Waals surface area (Å²) >= 11 is 0. The summed E-state index contributed by atoms with van der Waals surface area (Å²) < 4.78 is 16.4. The van der Waals surface area contributed by atoms with E-state index in [1.807, 2.05) is 79.7 Å². The van der Waals surface area contributed by atoms with Gasteiger partial charge in [-0.2, -0.15) is 9.59 Å². The molecule has 5 amide bonds. The van der Waals surface area contributed by atoms with Gasteiger partial charge in [0.1, 0.15) is 36.9 Å². The maximum absolute atomic E-state index is 14.2. The van der Waals surface area contributed by atoms with Crippen molar-refractivity contribution in [1.29, 1.82) is 5.41 Å². The highest BCUT2D eigenvalue weighted by Gasteiger charge is 2.50. The van der Waals surface area contributed by atoms with Crippen molar-refractivity contribution in [2.24, 2.45) is 11.1 Å². The summed E-state index contributed by atoms with van der Waals surface area (Å²) in [5, 5.41) is 17.1. The van der Waals surface area contributed by atoms with Crippen molar-refractivity contribution in [3.63, 3.8) is 0 Å². The Hall–Kier alpha value is -7.06. The largest absolute Gasteiger partial charge is 0.527 e. The van der Waals surface area contributed by atoms with E-state index in [2.05, 4.69) is 16.0 Å². The minimum Gasteiger partial charge on any atom is -0.494 e. The molecule has 14 heteroatoms. The van der Waals surface area contributed by atoms with Gasteiger partial charge in [-0.1, -0.05) is 103 Å². The summed E-state index contributed by atoms with van der Waals surface area (Å²) in [6.07, 6.45) is 5.88. The number of nitrogens with two attached hydrogens (primary N) is 1. The highest BCUT2D eigenvalue weighted by Crippen LogP contribution is 2.32. The quantitative estimate of drug-likeness (QED) is 0.0447. The number of hydrogen-bond donors (Lipinski definition) is 5. The summed E-state index contributed by atoms with van der Waals surface area (Å²) in [4.78, 5) is 69.0. The fraction of sp³-hybridized carbons (Fsp3) is 0.306. The van der Waals surface area contributed by atoms with E-state index in [-0.39, 0.29) is 51.4 Å². The number of likely N-dealkylation sites (tertiary alicyclic amines) is 1. The molecule has 1 heterocycles. The van der Waals surface area contributed by atoms with Crippen LogP contribution in [0, 0.1) is 10.8 Å². The zero-order chi connectivity index (χ0) is 44.7. The molecule has 0 radical (unpaired) electrons. The molecule has 2 unspecified atom stereocenters. The second-order valence-electron chi connectivity index (χ2n) is 15.8. The SMILES string of the molecule is CCOc1ccc(CC(NC(=O)c2ccccc2)C(=O)N[C@H](Cc2ccccc2)C(=O)NC2=CCC(COC(=O)[N+]3(C(=O)OCc4ccccc4)CCCCC3)(C(=N)N)C=C2)cc1. The zero-order valence-corrected chi connectivity index (χ0v) is 35.4. The van der Waals surface area contributed by atoms with Crippen molar-refractivity contribution < 1.29 is 42.7 Å². The molecule has 1 aliphatic carbocycles. The predicted octanol–water partition coefficient (Wildman–Crippen LogP) is 6.51. The van der Waals surface area contributed by atoms with Crippen LogP contribution in [0.4, 0.5) is 9.59 Å². The summed E-state index contributed by atoms with van der Waals surface area (Å²) in [6, 6.07) is 32.1. The maximum atomic E-state index is 14.2. The van der Waals surface area contributed by atoms with E-state index in [0.29, 0.717) is 36.5 Å². The lowest BCUT2D eigenvalue weighted by Gasteiger charge is -2.35. The van der Waals surface area contributed by atoms with Gasteiger partial charge in [0.05, 0.1) is 25.1 Å². The molecule has 0 spiro atoms. The van der Waals surface area contributed by atoms with E-state index in [1.165, 1.54) is 0 Å². The van der Waals surface area contributed by atoms with Gasteiger partial charge in [0.25, 0.3) is 5.91 Å². The molecule has 1 fully saturated rings. The number of amides is 5. The van der Waals surface area contributed by atoms with Crippen molar-refractivity contribution in [3.05, 3.63) is 161 Å². The minimum absolute atomic E-state index is 0.0113. The van der Waals surface area contributed by atoms with Gasteiger partial charge in [-0.15, -0.1) is 4.48 Å². The van der Waals surface area contributed by atoms with E-state index in [9.17, 15) is 24.0 Å². The van der Waals surface area contributed by atoms with Crippen LogP contribution in [-0.2, 0) is 38.5 Å². The molecule has 4 aromatic rings. The van der Waals surface area contributed by atoms with E-state index in [1.54, 1.807) is 60.7 Å². The first-order chi connectivity index (χ1) is 30.5. The predicted molar refractivity (Wildman–Crippen MR) is 237 cm³/mol. The van der Waals surface area contributed by atoms with Gasteiger partial charge in [0.15, 0.2) is 0 Å². The van der Waals surface area contributed by atoms with Gasteiger partial charge in [0, 0.05) is 24.1 Å². The molecule has 1 saturated heterocycles. The topological polar surface area (TPSA) is 199 Å². The Bertz CT molecular complexity index is 2280. The zero-order valence-electron chi connectivity index (χ0n) is 35.4. The van der Waals surface area contributed by atoms with Gasteiger partial charge >= 0.3 is 12.2 Å². The van der Waals surface area contributed by atoms with Gasteiger partial charge in [-0.25, -0.2) is 0 Å². The Morgan fingerprint density at radius 2 is 1.29 bits per heavy atom. The molecular weight excluding hydrogens is 801 g/mol. The fourth-order valence-corrected chi connectivity index (χ4v) is 7.53. The van der Waals surface area contributed by atoms with Crippen LogP contribution in [0.25, 0.3) is 0 Å². The number of quaternary nitrogens is 1. The molecule has 2 aliphatic rings. The smallest absolute Gasteiger partial charge is 0.494 e. The molecule has 6 rings (SSSR count). The number of piperidine rings is 1. The third-order valence-electron chi connectivity index (χ3n) is 11.3. The van der Waals surface area contributed by atoms with Crippen molar-refractivity contribution in [2.75, 3.05) is 26.3 Å². The van der Waals surface area contributed by atoms with Crippen LogP contribution in [0.3, 0.4) is 0 Å². The fourth-order valence-electron chi connectivity index (χ4n) is 7.53. The molecule has 0 bridgehead atoms. The Balaban J connectivity index is 1.15. The van der Waals surface area contributed by atoms with Gasteiger partial charge < -0.3 is 35.9 Å². The van der Waals surface area contributed by atoms with Crippen molar-refractivity contribution >= 4 is 35.7 Å². The Labute approximate surface area is 367 Å². The number of allylic oxidation sites excluding steroid dienone is 2. The first-order valence-electron chi connectivity index (χ1n) is 21.2. The van der Waals surface area contributed by atoms with Crippen LogP contribution < -0.4 is 26.4 Å². The molecule has 14 nitrogen and oxygen atoms in total. The van der Waals surface area contributed by atoms with Crippen LogP contribution in [0.2, 0.25) is 0 Å². The number of hydrogen-bond acceptors (Lipinski definition) is 9. The second-order valence-corrected chi connectivity index (χ2v) is 15.8. The Kier molecular flexibility index (Phi) is 15.6. The molecule has 1 aliphatic heterocycles. The van der Waals surface area contributed by atoms with Gasteiger partial charge in [-0.05, 0) is 79.6 Å². The molecule has 4 aromatic carbocycles. The van der Waals surface area contributed by atoms with E-state index < -0.39 is 51.9 Å². The number of nitrogens with one attached hydrogen (secondary N) is 4. The highest BCUT2D eigenvalue weighted by molar-refractivity contribution is 5.98. The minimum atomic E-state index is -1.25. The molecule has 0 aromatic heterocycles. The number of nitrogens with zero attached hydrogens (tertiary/aromatic N) is 1. The van der Waals surface area contributed by atoms with E-state index >= 15 is 0 Å². The number of rotatable bonds is 17. The van der Waals surface area contributed by atoms with Crippen LogP contribution in [0.5, 0.6) is 5.75 Å². The van der Waals surface area contributed by atoms with Crippen LogP contribution >= 0.6 is 0 Å². The van der Waals surface area contributed by atoms with Crippen molar-refractivity contribution in [1.82, 2.24) is 16.0 Å². The number of imide groups is 1. The number of amidine groups is 1. The van der Waals surface area contributed by atoms with Crippen LogP contribution in [0.15, 0.2) is 139 Å². The summed E-state index contributed by atoms with van der Waals surface area (Å²) in [6.45, 7) is 2.53. The number of benzene rings is 4. The second kappa shape index (κ2) is 21.6. The summed E-state index contributed by atoms with van der Waals surface area (Å²) in [5.41, 5.74) is 7.98. The molecule has 3 atom stereocenters. The molecular formula is C49H55N6O8+. The Morgan fingerprint density at radius 1 is 0.714 bits per heavy atom. The lowest BCUT2D eigenvalue weighted by molar-refractivity contribution is -0.791. The first-order valence-corrected chi connectivity index (χ1v) is 21.2. The van der Waals surface area contributed by atoms with Crippen LogP contribution in [0.1, 0.15) is 59.7 Å². The van der Waals surface area contributed by atoms with Gasteiger partial charge in [0.2, 0.25) is 11.8 Å². The molecule has 63 heavy (non-hydrogen) atoms. The number of carbonyl (C=O) groups excluding carboxylic acids is 5. The number of carbonyl (C=O) groups is 5. The van der Waals surface area contributed by atoms with E-state index in [4.69, 9.17) is 25.4 Å². The Morgan fingerprint density at radius 3 is 1.87 bits per heavy atom. The molecule has 0 saturated carbocycles. The van der Waals surface area contributed by atoms with Crippen molar-refractivity contribution in [2.45, 2.75) is 64.1 Å². The lowest BCUT2D eigenvalue weighted by atomic mass is 9.80. The van der Waals surface area contributed by atoms with E-state index in [0.717, 1.165) is 23.1 Å². The normalized spacial score (nSPS) is 17.4. The third kappa shape index (κ3) is 12.1. The first kappa shape index (κ1) is 45.5. The van der Waals surface area contributed by atoms with Gasteiger partial charge in [-0.3, -0.25) is 19.8 Å².